The number of nitrogens with two attached hydrogens (primary N) is 2. The average Bonchev–Trinajstić information content (AvgIpc) is 2.38. The highest BCUT2D eigenvalue weighted by Crippen LogP contribution is 2.09. The van der Waals surface area contributed by atoms with Gasteiger partial charge in [0.2, 0.25) is 20.0 Å². The molecular weight excluding hydrogens is 314 g/mol. The maximum atomic E-state index is 11.6. The molecule has 21 heavy (non-hydrogen) atoms. The average molecular weight is 335 g/mol. The molecular formula is C12H21N3O4S2. The molecule has 0 atom stereocenters. The van der Waals surface area contributed by atoms with E-state index in [-0.39, 0.29) is 17.2 Å². The first-order valence-corrected chi connectivity index (χ1v) is 9.73. The summed E-state index contributed by atoms with van der Waals surface area (Å²) < 4.78 is 48.0. The third-order valence-electron chi connectivity index (χ3n) is 2.85. The van der Waals surface area contributed by atoms with Crippen LogP contribution in [0.5, 0.6) is 0 Å². The molecule has 0 unspecified atom stereocenters. The molecule has 7 nitrogen and oxygen atoms in total. The van der Waals surface area contributed by atoms with E-state index in [9.17, 15) is 16.8 Å². The number of unbranched alkanes of at least 4 members (excludes halogenated alkanes) is 1. The topological polar surface area (TPSA) is 132 Å². The molecule has 0 bridgehead atoms. The zero-order valence-corrected chi connectivity index (χ0v) is 13.3. The summed E-state index contributed by atoms with van der Waals surface area (Å²) >= 11 is 0. The van der Waals surface area contributed by atoms with Crippen molar-refractivity contribution in [1.82, 2.24) is 4.72 Å². The van der Waals surface area contributed by atoms with Crippen molar-refractivity contribution in [2.45, 2.75) is 24.2 Å². The van der Waals surface area contributed by atoms with Crippen molar-refractivity contribution in [2.24, 2.45) is 10.9 Å². The second kappa shape index (κ2) is 7.85. The Hall–Kier alpha value is -1.00. The molecule has 9 heteroatoms. The molecule has 0 spiro atoms. The van der Waals surface area contributed by atoms with Gasteiger partial charge in [0.05, 0.1) is 10.6 Å². The highest BCUT2D eigenvalue weighted by atomic mass is 32.2. The third kappa shape index (κ3) is 7.00. The number of rotatable bonds is 9. The van der Waals surface area contributed by atoms with Gasteiger partial charge in [-0.05, 0) is 43.5 Å². The van der Waals surface area contributed by atoms with Gasteiger partial charge in [-0.3, -0.25) is 0 Å². The van der Waals surface area contributed by atoms with Crippen LogP contribution in [-0.4, -0.2) is 35.7 Å². The molecule has 0 aliphatic carbocycles. The van der Waals surface area contributed by atoms with E-state index in [2.05, 4.69) is 4.72 Å². The molecule has 1 aromatic carbocycles. The van der Waals surface area contributed by atoms with E-state index in [1.165, 1.54) is 12.1 Å². The summed E-state index contributed by atoms with van der Waals surface area (Å²) in [5.74, 6) is 0.0640. The van der Waals surface area contributed by atoms with Crippen molar-refractivity contribution in [3.8, 4) is 0 Å². The Balaban J connectivity index is 2.46. The van der Waals surface area contributed by atoms with E-state index in [1.807, 2.05) is 0 Å². The second-order valence-corrected chi connectivity index (χ2v) is 8.14. The Labute approximate surface area is 125 Å². The van der Waals surface area contributed by atoms with Crippen molar-refractivity contribution < 1.29 is 16.8 Å². The molecule has 120 valence electrons. The minimum absolute atomic E-state index is 0.0358. The summed E-state index contributed by atoms with van der Waals surface area (Å²) in [6, 6.07) is 6.03. The molecule has 5 N–H and O–H groups in total. The minimum atomic E-state index is -3.70. The van der Waals surface area contributed by atoms with Crippen LogP contribution < -0.4 is 15.6 Å². The monoisotopic (exact) mass is 335 g/mol. The quantitative estimate of drug-likeness (QED) is 0.525. The van der Waals surface area contributed by atoms with E-state index < -0.39 is 20.0 Å². The van der Waals surface area contributed by atoms with Crippen LogP contribution >= 0.6 is 0 Å². The lowest BCUT2D eigenvalue weighted by Gasteiger charge is -2.07. The predicted octanol–water partition coefficient (Wildman–Crippen LogP) is -0.465. The SMILES string of the molecule is NCCCCS(=O)(=O)NCCc1ccc(S(N)(=O)=O)cc1. The Kier molecular flexibility index (Phi) is 6.75. The van der Waals surface area contributed by atoms with E-state index in [0.717, 1.165) is 5.56 Å². The van der Waals surface area contributed by atoms with Gasteiger partial charge < -0.3 is 5.73 Å². The fourth-order valence-electron chi connectivity index (χ4n) is 1.71. The van der Waals surface area contributed by atoms with E-state index in [1.54, 1.807) is 12.1 Å². The zero-order chi connectivity index (χ0) is 15.9. The van der Waals surface area contributed by atoms with Crippen molar-refractivity contribution in [1.29, 1.82) is 0 Å². The van der Waals surface area contributed by atoms with Gasteiger partial charge in [0, 0.05) is 6.54 Å². The number of sulfonamides is 2. The van der Waals surface area contributed by atoms with Crippen molar-refractivity contribution in [3.63, 3.8) is 0 Å². The van der Waals surface area contributed by atoms with Crippen LogP contribution in [0.15, 0.2) is 29.2 Å². The fraction of sp³-hybridized carbons (Fsp3) is 0.500. The number of hydrogen-bond donors (Lipinski definition) is 3. The maximum Gasteiger partial charge on any atom is 0.238 e. The lowest BCUT2D eigenvalue weighted by molar-refractivity contribution is 0.577. The predicted molar refractivity (Wildman–Crippen MR) is 81.6 cm³/mol. The normalized spacial score (nSPS) is 12.5. The third-order valence-corrected chi connectivity index (χ3v) is 5.25. The van der Waals surface area contributed by atoms with Crippen LogP contribution in [0.4, 0.5) is 0 Å². The Morgan fingerprint density at radius 2 is 1.62 bits per heavy atom. The Bertz CT molecular complexity index is 640. The highest BCUT2D eigenvalue weighted by molar-refractivity contribution is 7.89. The summed E-state index contributed by atoms with van der Waals surface area (Å²) in [6.07, 6.45) is 1.69. The van der Waals surface area contributed by atoms with Crippen molar-refractivity contribution in [3.05, 3.63) is 29.8 Å². The van der Waals surface area contributed by atoms with Gasteiger partial charge in [0.15, 0.2) is 0 Å². The van der Waals surface area contributed by atoms with E-state index in [0.29, 0.717) is 25.8 Å². The number of primary sulfonamides is 1. The van der Waals surface area contributed by atoms with Crippen molar-refractivity contribution in [2.75, 3.05) is 18.8 Å². The van der Waals surface area contributed by atoms with Gasteiger partial charge in [-0.2, -0.15) is 0 Å². The van der Waals surface area contributed by atoms with Crippen LogP contribution in [0, 0.1) is 0 Å². The van der Waals surface area contributed by atoms with Crippen molar-refractivity contribution >= 4 is 20.0 Å². The van der Waals surface area contributed by atoms with E-state index in [4.69, 9.17) is 10.9 Å². The maximum absolute atomic E-state index is 11.6. The van der Waals surface area contributed by atoms with Gasteiger partial charge in [-0.1, -0.05) is 12.1 Å². The van der Waals surface area contributed by atoms with Gasteiger partial charge >= 0.3 is 0 Å². The van der Waals surface area contributed by atoms with Crippen LogP contribution in [0.3, 0.4) is 0 Å². The van der Waals surface area contributed by atoms with Crippen LogP contribution in [-0.2, 0) is 26.5 Å². The first kappa shape index (κ1) is 18.1. The largest absolute Gasteiger partial charge is 0.330 e. The van der Waals surface area contributed by atoms with Crippen LogP contribution in [0.25, 0.3) is 0 Å². The molecule has 0 aliphatic rings. The molecule has 1 aromatic rings. The van der Waals surface area contributed by atoms with Gasteiger partial charge in [-0.25, -0.2) is 26.7 Å². The first-order valence-electron chi connectivity index (χ1n) is 6.54. The lowest BCUT2D eigenvalue weighted by Crippen LogP contribution is -2.28. The molecule has 0 aliphatic heterocycles. The second-order valence-electron chi connectivity index (χ2n) is 4.65. The number of benzene rings is 1. The number of nitrogens with one attached hydrogen (secondary N) is 1. The molecule has 0 saturated heterocycles. The van der Waals surface area contributed by atoms with Gasteiger partial charge in [-0.15, -0.1) is 0 Å². The summed E-state index contributed by atoms with van der Waals surface area (Å²) in [5, 5.41) is 4.99. The smallest absolute Gasteiger partial charge is 0.238 e. The summed E-state index contributed by atoms with van der Waals surface area (Å²) in [5.41, 5.74) is 6.14. The van der Waals surface area contributed by atoms with Gasteiger partial charge in [0.25, 0.3) is 0 Å². The fourth-order valence-corrected chi connectivity index (χ4v) is 3.36. The zero-order valence-electron chi connectivity index (χ0n) is 11.7. The minimum Gasteiger partial charge on any atom is -0.330 e. The molecule has 0 saturated carbocycles. The standard InChI is InChI=1S/C12H21N3O4S2/c13-8-1-2-10-20(16,17)15-9-7-11-3-5-12(6-4-11)21(14,18)19/h3-6,15H,1-2,7-10,13H2,(H2,14,18,19). The molecule has 0 fully saturated rings. The molecule has 0 radical (unpaired) electrons. The molecule has 0 amide bonds. The molecule has 0 aromatic heterocycles. The molecule has 0 heterocycles. The van der Waals surface area contributed by atoms with Crippen LogP contribution in [0.2, 0.25) is 0 Å². The Morgan fingerprint density at radius 1 is 1.00 bits per heavy atom. The van der Waals surface area contributed by atoms with E-state index >= 15 is 0 Å². The number of hydrogen-bond acceptors (Lipinski definition) is 5. The summed E-state index contributed by atoms with van der Waals surface area (Å²) in [6.45, 7) is 0.742. The highest BCUT2D eigenvalue weighted by Gasteiger charge is 2.09. The van der Waals surface area contributed by atoms with Gasteiger partial charge in [0.1, 0.15) is 0 Å². The van der Waals surface area contributed by atoms with Crippen LogP contribution in [0.1, 0.15) is 18.4 Å². The lowest BCUT2D eigenvalue weighted by atomic mass is 10.2. The summed E-state index contributed by atoms with van der Waals surface area (Å²) in [7, 11) is -6.97. The Morgan fingerprint density at radius 3 is 2.14 bits per heavy atom. The molecule has 1 rings (SSSR count). The first-order chi connectivity index (χ1) is 9.74. The summed E-state index contributed by atoms with van der Waals surface area (Å²) in [4.78, 5) is 0.0358.